The molecule has 3 aliphatic heterocycles. The Balaban J connectivity index is 2.57. The second kappa shape index (κ2) is 25.6. The summed E-state index contributed by atoms with van der Waals surface area (Å²) in [5.74, 6) is -7.88. The number of esters is 9. The minimum absolute atomic E-state index is 0.724. The van der Waals surface area contributed by atoms with Crippen LogP contribution in [0.1, 0.15) is 152 Å². The van der Waals surface area contributed by atoms with Gasteiger partial charge in [0.25, 0.3) is 0 Å². The molecule has 24 nitrogen and oxygen atoms in total. The third-order valence-corrected chi connectivity index (χ3v) is 11.8. The number of hydrogen-bond donors (Lipinski definition) is 1. The SMILES string of the molecule is CC(=O)O[C@H]1[C@@H](OC(C)=O)[C@@H](C)O[C@H](O[C@H]2[C@@H](OC(=O)C(C)(C)C)[C@@H](COC(=O)C(C)(C)C)O[C@@H](O[C@H]3[C@H](OC(=O)C(C)(C)C)[C@@H](OC(=O)C(C)(C)C)C(O)O[C@@H]3COC(=O)C(C)(C)C)[C@@H]2OC(=O)C(C)(C)C)[C@@H]1OC(C)=O. The topological polar surface area (TPSA) is 303 Å². The fourth-order valence-electron chi connectivity index (χ4n) is 7.34. The summed E-state index contributed by atoms with van der Waals surface area (Å²) in [7, 11) is 0. The average molecular weight is 1120 g/mol. The molecule has 78 heavy (non-hydrogen) atoms. The summed E-state index contributed by atoms with van der Waals surface area (Å²) < 4.78 is 85.6. The Morgan fingerprint density at radius 1 is 0.346 bits per heavy atom. The number of carbonyl (C=O) groups excluding carboxylic acids is 9. The fraction of sp³-hybridized carbons (Fsp3) is 0.833. The van der Waals surface area contributed by atoms with E-state index in [1.807, 2.05) is 0 Å². The molecule has 0 aromatic carbocycles. The van der Waals surface area contributed by atoms with Gasteiger partial charge in [-0.3, -0.25) is 43.2 Å². The van der Waals surface area contributed by atoms with E-state index in [1.165, 1.54) is 90.0 Å². The van der Waals surface area contributed by atoms with Crippen molar-refractivity contribution in [3.8, 4) is 0 Å². The lowest BCUT2D eigenvalue weighted by atomic mass is 9.92. The summed E-state index contributed by atoms with van der Waals surface area (Å²) in [5, 5.41) is 11.7. The van der Waals surface area contributed by atoms with Crippen LogP contribution < -0.4 is 0 Å². The first kappa shape index (κ1) is 67.3. The largest absolute Gasteiger partial charge is 0.462 e. The molecule has 3 heterocycles. The van der Waals surface area contributed by atoms with E-state index in [1.54, 1.807) is 41.5 Å². The summed E-state index contributed by atoms with van der Waals surface area (Å²) in [6.07, 6.45) is -26.9. The van der Waals surface area contributed by atoms with Crippen LogP contribution in [0.2, 0.25) is 0 Å². The normalized spacial score (nSPS) is 30.1. The number of aliphatic hydroxyl groups excluding tert-OH is 1. The molecule has 3 fully saturated rings. The molecule has 15 atom stereocenters. The van der Waals surface area contributed by atoms with Gasteiger partial charge in [0.1, 0.15) is 37.6 Å². The zero-order valence-corrected chi connectivity index (χ0v) is 49.4. The van der Waals surface area contributed by atoms with Crippen LogP contribution in [0.25, 0.3) is 0 Å². The molecule has 0 aromatic heterocycles. The lowest BCUT2D eigenvalue weighted by Gasteiger charge is -2.50. The predicted octanol–water partition coefficient (Wildman–Crippen LogP) is 4.75. The molecule has 1 unspecified atom stereocenters. The van der Waals surface area contributed by atoms with Crippen LogP contribution in [0, 0.1) is 32.5 Å². The van der Waals surface area contributed by atoms with Gasteiger partial charge in [-0.1, -0.05) is 0 Å². The Kier molecular flexibility index (Phi) is 22.1. The van der Waals surface area contributed by atoms with E-state index < -0.39 is 192 Å². The smallest absolute Gasteiger partial charge is 0.311 e. The summed E-state index contributed by atoms with van der Waals surface area (Å²) in [6, 6.07) is 0. The maximum atomic E-state index is 14.4. The molecule has 0 amide bonds. The maximum Gasteiger partial charge on any atom is 0.311 e. The predicted molar refractivity (Wildman–Crippen MR) is 268 cm³/mol. The van der Waals surface area contributed by atoms with E-state index >= 15 is 0 Å². The number of aliphatic hydroxyl groups is 1. The number of hydrogen-bond acceptors (Lipinski definition) is 24. The third kappa shape index (κ3) is 18.5. The van der Waals surface area contributed by atoms with Crippen LogP contribution in [-0.2, 0) is 109 Å². The van der Waals surface area contributed by atoms with Crippen LogP contribution >= 0.6 is 0 Å². The van der Waals surface area contributed by atoms with Crippen LogP contribution in [0.3, 0.4) is 0 Å². The Morgan fingerprint density at radius 2 is 0.641 bits per heavy atom. The molecule has 0 saturated carbocycles. The van der Waals surface area contributed by atoms with E-state index in [0.29, 0.717) is 0 Å². The van der Waals surface area contributed by atoms with Gasteiger partial charge in [0.2, 0.25) is 0 Å². The van der Waals surface area contributed by atoms with Gasteiger partial charge in [-0.05, 0) is 132 Å². The van der Waals surface area contributed by atoms with Crippen molar-refractivity contribution in [3.05, 3.63) is 0 Å². The molecule has 446 valence electrons. The highest BCUT2D eigenvalue weighted by atomic mass is 16.8. The molecule has 0 spiro atoms. The van der Waals surface area contributed by atoms with Crippen LogP contribution in [0.15, 0.2) is 0 Å². The van der Waals surface area contributed by atoms with Gasteiger partial charge >= 0.3 is 53.7 Å². The maximum absolute atomic E-state index is 14.4. The molecule has 3 rings (SSSR count). The van der Waals surface area contributed by atoms with Gasteiger partial charge < -0.3 is 71.4 Å². The fourth-order valence-corrected chi connectivity index (χ4v) is 7.34. The highest BCUT2D eigenvalue weighted by Gasteiger charge is 2.61. The standard InChI is InChI=1S/C54H86O24/c1-25-31(68-26(2)55)34(69-27(3)56)38(70-28(4)57)41(67-25)74-36-33(75-45(61)51(11,12)13)30(24-66-44(60)50(8,9)10)72-42(39(36)78-48(64)54(20,21)22)73-32-29(23-65-43(59)49(5,6)7)71-40(58)37(77-47(63)53(17,18)19)35(32)76-46(62)52(14,15)16/h25,29-42,58H,23-24H2,1-22H3/t25-,29-,30-,31+,32-,33+,34+,35+,36+,37-,38-,39-,40?,41-,42+/m1/s1. The Morgan fingerprint density at radius 3 is 1.04 bits per heavy atom. The van der Waals surface area contributed by atoms with Gasteiger partial charge in [-0.2, -0.15) is 0 Å². The Bertz CT molecular complexity index is 2160. The quantitative estimate of drug-likeness (QED) is 0.171. The summed E-state index contributed by atoms with van der Waals surface area (Å²) in [5.41, 5.74) is -7.34. The summed E-state index contributed by atoms with van der Waals surface area (Å²) in [4.78, 5) is 122. The minimum Gasteiger partial charge on any atom is -0.462 e. The van der Waals surface area contributed by atoms with Crippen LogP contribution in [0.5, 0.6) is 0 Å². The molecule has 0 aromatic rings. The van der Waals surface area contributed by atoms with Crippen molar-refractivity contribution in [2.45, 2.75) is 244 Å². The van der Waals surface area contributed by atoms with Crippen molar-refractivity contribution < 1.29 is 115 Å². The van der Waals surface area contributed by atoms with E-state index in [9.17, 15) is 48.3 Å². The molecule has 0 radical (unpaired) electrons. The van der Waals surface area contributed by atoms with Crippen LogP contribution in [0.4, 0.5) is 0 Å². The molecule has 24 heteroatoms. The molecule has 3 aliphatic rings. The van der Waals surface area contributed by atoms with Crippen molar-refractivity contribution in [2.75, 3.05) is 13.2 Å². The second-order valence-corrected chi connectivity index (χ2v) is 25.9. The van der Waals surface area contributed by atoms with Gasteiger partial charge in [0.15, 0.2) is 61.6 Å². The van der Waals surface area contributed by atoms with Crippen molar-refractivity contribution in [2.24, 2.45) is 32.5 Å². The first-order chi connectivity index (χ1) is 35.2. The number of ether oxygens (including phenoxy) is 14. The van der Waals surface area contributed by atoms with E-state index in [0.717, 1.165) is 20.8 Å². The molecule has 0 aliphatic carbocycles. The van der Waals surface area contributed by atoms with E-state index in [-0.39, 0.29) is 0 Å². The summed E-state index contributed by atoms with van der Waals surface area (Å²) >= 11 is 0. The summed E-state index contributed by atoms with van der Waals surface area (Å²) in [6.45, 7) is 30.8. The number of carbonyl (C=O) groups is 9. The monoisotopic (exact) mass is 1120 g/mol. The van der Waals surface area contributed by atoms with Gasteiger partial charge in [0.05, 0.1) is 38.6 Å². The van der Waals surface area contributed by atoms with Crippen molar-refractivity contribution >= 4 is 53.7 Å². The molecule has 3 saturated heterocycles. The van der Waals surface area contributed by atoms with Crippen molar-refractivity contribution in [1.82, 2.24) is 0 Å². The zero-order chi connectivity index (χ0) is 60.2. The highest BCUT2D eigenvalue weighted by Crippen LogP contribution is 2.40. The van der Waals surface area contributed by atoms with Crippen molar-refractivity contribution in [1.29, 1.82) is 0 Å². The molecular formula is C54H86O24. The van der Waals surface area contributed by atoms with E-state index in [2.05, 4.69) is 0 Å². The lowest BCUT2D eigenvalue weighted by Crippen LogP contribution is -2.69. The van der Waals surface area contributed by atoms with Gasteiger partial charge in [-0.15, -0.1) is 0 Å². The zero-order valence-electron chi connectivity index (χ0n) is 49.4. The third-order valence-electron chi connectivity index (χ3n) is 11.8. The van der Waals surface area contributed by atoms with Gasteiger partial charge in [-0.25, -0.2) is 0 Å². The van der Waals surface area contributed by atoms with Gasteiger partial charge in [0, 0.05) is 20.8 Å². The molecule has 1 N–H and O–H groups in total. The first-order valence-corrected chi connectivity index (χ1v) is 25.9. The lowest BCUT2D eigenvalue weighted by molar-refractivity contribution is -0.379. The average Bonchev–Trinajstić information content (AvgIpc) is 3.25. The Hall–Kier alpha value is -5.01. The van der Waals surface area contributed by atoms with Crippen LogP contribution in [-0.4, -0.2) is 164 Å². The molecular weight excluding hydrogens is 1030 g/mol. The minimum atomic E-state index is -2.09. The molecule has 0 bridgehead atoms. The Labute approximate surface area is 457 Å². The first-order valence-electron chi connectivity index (χ1n) is 25.9. The number of rotatable bonds is 15. The van der Waals surface area contributed by atoms with E-state index in [4.69, 9.17) is 66.3 Å². The second-order valence-electron chi connectivity index (χ2n) is 25.9. The van der Waals surface area contributed by atoms with Crippen molar-refractivity contribution in [3.63, 3.8) is 0 Å². The highest BCUT2D eigenvalue weighted by molar-refractivity contribution is 5.78.